The molecule has 0 aliphatic heterocycles. The van der Waals surface area contributed by atoms with E-state index < -0.39 is 34.4 Å². The Morgan fingerprint density at radius 2 is 1.46 bits per heavy atom. The minimum absolute atomic E-state index is 0.118. The summed E-state index contributed by atoms with van der Waals surface area (Å²) in [7, 11) is -1.51. The normalized spacial score (nSPS) is 11.9. The van der Waals surface area contributed by atoms with Crippen molar-refractivity contribution in [3.63, 3.8) is 0 Å². The monoisotopic (exact) mass is 711 g/mol. The molecule has 48 heavy (non-hydrogen) atoms. The van der Waals surface area contributed by atoms with E-state index in [9.17, 15) is 18.0 Å². The van der Waals surface area contributed by atoms with E-state index in [1.165, 1.54) is 37.3 Å². The van der Waals surface area contributed by atoms with Gasteiger partial charge in [0.25, 0.3) is 10.0 Å². The maximum absolute atomic E-state index is 14.7. The van der Waals surface area contributed by atoms with Gasteiger partial charge in [-0.05, 0) is 62.7 Å². The number of hydrogen-bond acceptors (Lipinski definition) is 6. The molecule has 0 unspecified atom stereocenters. The molecule has 0 fully saturated rings. The summed E-state index contributed by atoms with van der Waals surface area (Å²) in [6.07, 6.45) is 0.153. The zero-order valence-corrected chi connectivity index (χ0v) is 29.8. The van der Waals surface area contributed by atoms with Gasteiger partial charge < -0.3 is 19.7 Å². The molecule has 0 aromatic heterocycles. The Kier molecular flexibility index (Phi) is 12.4. The van der Waals surface area contributed by atoms with Gasteiger partial charge in [0.2, 0.25) is 11.8 Å². The SMILES string of the molecule is COc1ccc(S(=O)(=O)N(CC(=O)N(Cc2c(Cl)cccc2Cl)[C@@H](Cc2ccccc2)C(=O)NC(C)C)c2ccc(C)cc2)cc1OC. The fraction of sp³-hybridized carbons (Fsp3) is 0.278. The maximum Gasteiger partial charge on any atom is 0.264 e. The first-order valence-corrected chi connectivity index (χ1v) is 17.4. The number of carbonyl (C=O) groups is 2. The van der Waals surface area contributed by atoms with Crippen molar-refractivity contribution in [3.8, 4) is 11.5 Å². The lowest BCUT2D eigenvalue weighted by Gasteiger charge is -2.34. The molecule has 0 saturated carbocycles. The molecule has 0 aliphatic carbocycles. The molecule has 0 bridgehead atoms. The van der Waals surface area contributed by atoms with Crippen LogP contribution in [0.2, 0.25) is 10.0 Å². The van der Waals surface area contributed by atoms with Crippen LogP contribution in [0.15, 0.2) is 95.9 Å². The van der Waals surface area contributed by atoms with Gasteiger partial charge in [0.1, 0.15) is 12.6 Å². The second kappa shape index (κ2) is 16.2. The maximum atomic E-state index is 14.7. The summed E-state index contributed by atoms with van der Waals surface area (Å²) in [4.78, 5) is 29.8. The molecule has 9 nitrogen and oxygen atoms in total. The van der Waals surface area contributed by atoms with Gasteiger partial charge in [-0.3, -0.25) is 13.9 Å². The number of methoxy groups -OCH3 is 2. The molecule has 4 aromatic rings. The lowest BCUT2D eigenvalue weighted by molar-refractivity contribution is -0.140. The summed E-state index contributed by atoms with van der Waals surface area (Å²) in [6, 6.07) is 24.0. The number of anilines is 1. The molecule has 0 saturated heterocycles. The van der Waals surface area contributed by atoms with Crippen LogP contribution in [-0.2, 0) is 32.6 Å². The smallest absolute Gasteiger partial charge is 0.264 e. The first-order valence-electron chi connectivity index (χ1n) is 15.2. The highest BCUT2D eigenvalue weighted by Gasteiger charge is 2.35. The number of rotatable bonds is 14. The van der Waals surface area contributed by atoms with Gasteiger partial charge in [0.15, 0.2) is 11.5 Å². The highest BCUT2D eigenvalue weighted by atomic mass is 35.5. The molecule has 4 aromatic carbocycles. The Hall–Kier alpha value is -4.25. The number of sulfonamides is 1. The van der Waals surface area contributed by atoms with Crippen LogP contribution in [0.5, 0.6) is 11.5 Å². The van der Waals surface area contributed by atoms with Crippen molar-refractivity contribution in [3.05, 3.63) is 118 Å². The zero-order chi connectivity index (χ0) is 35.0. The Morgan fingerprint density at radius 3 is 2.04 bits per heavy atom. The quantitative estimate of drug-likeness (QED) is 0.157. The third kappa shape index (κ3) is 8.80. The van der Waals surface area contributed by atoms with Crippen molar-refractivity contribution in [2.24, 2.45) is 0 Å². The van der Waals surface area contributed by atoms with Gasteiger partial charge in [0, 0.05) is 40.7 Å². The van der Waals surface area contributed by atoms with Crippen molar-refractivity contribution in [2.45, 2.75) is 50.7 Å². The molecule has 0 heterocycles. The molecule has 12 heteroatoms. The van der Waals surface area contributed by atoms with E-state index in [4.69, 9.17) is 32.7 Å². The summed E-state index contributed by atoms with van der Waals surface area (Å²) >= 11 is 13.2. The topological polar surface area (TPSA) is 105 Å². The van der Waals surface area contributed by atoms with Crippen LogP contribution in [0.4, 0.5) is 5.69 Å². The number of carbonyl (C=O) groups excluding carboxylic acids is 2. The van der Waals surface area contributed by atoms with E-state index in [0.29, 0.717) is 21.4 Å². The lowest BCUT2D eigenvalue weighted by atomic mass is 10.0. The van der Waals surface area contributed by atoms with Crippen LogP contribution in [0, 0.1) is 6.92 Å². The largest absolute Gasteiger partial charge is 0.493 e. The fourth-order valence-electron chi connectivity index (χ4n) is 5.13. The van der Waals surface area contributed by atoms with E-state index in [1.54, 1.807) is 42.5 Å². The van der Waals surface area contributed by atoms with Gasteiger partial charge in [-0.15, -0.1) is 0 Å². The summed E-state index contributed by atoms with van der Waals surface area (Å²) in [5, 5.41) is 3.53. The van der Waals surface area contributed by atoms with E-state index >= 15 is 0 Å². The number of halogens is 2. The Balaban J connectivity index is 1.86. The molecular weight excluding hydrogens is 673 g/mol. The van der Waals surface area contributed by atoms with E-state index in [-0.39, 0.29) is 35.3 Å². The van der Waals surface area contributed by atoms with Crippen LogP contribution >= 0.6 is 23.2 Å². The van der Waals surface area contributed by atoms with Crippen molar-refractivity contribution < 1.29 is 27.5 Å². The molecule has 254 valence electrons. The van der Waals surface area contributed by atoms with Gasteiger partial charge in [-0.25, -0.2) is 8.42 Å². The predicted octanol–water partition coefficient (Wildman–Crippen LogP) is 6.68. The summed E-state index contributed by atoms with van der Waals surface area (Å²) in [6.45, 7) is 4.73. The number of nitrogens with zero attached hydrogens (tertiary/aromatic N) is 2. The van der Waals surface area contributed by atoms with E-state index in [0.717, 1.165) is 15.4 Å². The van der Waals surface area contributed by atoms with Crippen LogP contribution < -0.4 is 19.1 Å². The average molecular weight is 713 g/mol. The molecule has 0 radical (unpaired) electrons. The van der Waals surface area contributed by atoms with Crippen LogP contribution in [0.3, 0.4) is 0 Å². The molecule has 4 rings (SSSR count). The number of benzene rings is 4. The Labute approximate surface area is 292 Å². The molecular formula is C36H39Cl2N3O6S. The molecule has 0 aliphatic rings. The highest BCUT2D eigenvalue weighted by molar-refractivity contribution is 7.92. The van der Waals surface area contributed by atoms with Gasteiger partial charge >= 0.3 is 0 Å². The highest BCUT2D eigenvalue weighted by Crippen LogP contribution is 2.33. The third-order valence-corrected chi connectivity index (χ3v) is 10.1. The summed E-state index contributed by atoms with van der Waals surface area (Å²) < 4.78 is 40.5. The predicted molar refractivity (Wildman–Crippen MR) is 189 cm³/mol. The molecule has 1 atom stereocenters. The summed E-state index contributed by atoms with van der Waals surface area (Å²) in [5.74, 6) is -0.500. The number of aryl methyl sites for hydroxylation is 1. The van der Waals surface area contributed by atoms with Crippen LogP contribution in [-0.4, -0.2) is 58.0 Å². The second-order valence-electron chi connectivity index (χ2n) is 11.5. The second-order valence-corrected chi connectivity index (χ2v) is 14.1. The molecule has 2 amide bonds. The molecule has 0 spiro atoms. The minimum atomic E-state index is -4.37. The first-order chi connectivity index (χ1) is 22.8. The van der Waals surface area contributed by atoms with Gasteiger partial charge in [-0.1, -0.05) is 77.3 Å². The fourth-order valence-corrected chi connectivity index (χ4v) is 7.08. The van der Waals surface area contributed by atoms with Crippen molar-refractivity contribution >= 4 is 50.7 Å². The standard InChI is InChI=1S/C36H39Cl2N3O6S/c1-24(2)39-36(43)32(20-26-10-7-6-8-11-26)40(22-29-30(37)12-9-13-31(29)38)35(42)23-41(27-16-14-25(3)15-17-27)48(44,45)28-18-19-33(46-4)34(21-28)47-5/h6-19,21,24,32H,20,22-23H2,1-5H3,(H,39,43)/t32-/m0/s1. The van der Waals surface area contributed by atoms with Crippen LogP contribution in [0.25, 0.3) is 0 Å². The molecule has 1 N–H and O–H groups in total. The Bertz CT molecular complexity index is 1820. The number of ether oxygens (including phenoxy) is 2. The average Bonchev–Trinajstić information content (AvgIpc) is 3.06. The third-order valence-electron chi connectivity index (χ3n) is 7.64. The summed E-state index contributed by atoms with van der Waals surface area (Å²) in [5.41, 5.74) is 2.38. The van der Waals surface area contributed by atoms with Crippen molar-refractivity contribution in [1.29, 1.82) is 0 Å². The van der Waals surface area contributed by atoms with E-state index in [1.807, 2.05) is 51.1 Å². The zero-order valence-electron chi connectivity index (χ0n) is 27.4. The van der Waals surface area contributed by atoms with Gasteiger partial charge in [0.05, 0.1) is 24.8 Å². The van der Waals surface area contributed by atoms with Crippen molar-refractivity contribution in [2.75, 3.05) is 25.1 Å². The van der Waals surface area contributed by atoms with Crippen molar-refractivity contribution in [1.82, 2.24) is 10.2 Å². The van der Waals surface area contributed by atoms with Gasteiger partial charge in [-0.2, -0.15) is 0 Å². The minimum Gasteiger partial charge on any atom is -0.493 e. The number of nitrogens with one attached hydrogen (secondary N) is 1. The van der Waals surface area contributed by atoms with E-state index in [2.05, 4.69) is 5.32 Å². The number of amides is 2. The lowest BCUT2D eigenvalue weighted by Crippen LogP contribution is -2.54. The number of hydrogen-bond donors (Lipinski definition) is 1. The van der Waals surface area contributed by atoms with Crippen LogP contribution in [0.1, 0.15) is 30.5 Å². The first kappa shape index (κ1) is 36.6. The Morgan fingerprint density at radius 1 is 0.833 bits per heavy atom.